The number of ether oxygens (including phenoxy) is 3. The van der Waals surface area contributed by atoms with Gasteiger partial charge in [-0.2, -0.15) is 0 Å². The number of hydrogen-bond donors (Lipinski definition) is 2. The SMILES string of the molecule is COc1ccc(OC)c(NC(=O)NCCCC(=O)OC(C)(C)C)c1. The molecule has 2 amide bonds. The highest BCUT2D eigenvalue weighted by Gasteiger charge is 2.15. The van der Waals surface area contributed by atoms with Crippen LogP contribution in [-0.2, 0) is 9.53 Å². The topological polar surface area (TPSA) is 85.9 Å². The highest BCUT2D eigenvalue weighted by atomic mass is 16.6. The van der Waals surface area contributed by atoms with Crippen LogP contribution in [0.1, 0.15) is 33.6 Å². The molecule has 0 saturated carbocycles. The molecule has 0 bridgehead atoms. The van der Waals surface area contributed by atoms with Crippen molar-refractivity contribution in [2.75, 3.05) is 26.1 Å². The van der Waals surface area contributed by atoms with Gasteiger partial charge in [0, 0.05) is 19.0 Å². The van der Waals surface area contributed by atoms with E-state index in [0.717, 1.165) is 0 Å². The summed E-state index contributed by atoms with van der Waals surface area (Å²) in [5.41, 5.74) is 0.00615. The van der Waals surface area contributed by atoms with Crippen LogP contribution in [0.25, 0.3) is 0 Å². The third kappa shape index (κ3) is 7.21. The fourth-order valence-corrected chi connectivity index (χ4v) is 1.91. The molecule has 0 aliphatic carbocycles. The lowest BCUT2D eigenvalue weighted by Crippen LogP contribution is -2.30. The number of methoxy groups -OCH3 is 2. The zero-order valence-electron chi connectivity index (χ0n) is 14.9. The second-order valence-electron chi connectivity index (χ2n) is 6.14. The monoisotopic (exact) mass is 338 g/mol. The van der Waals surface area contributed by atoms with Gasteiger partial charge in [0.2, 0.25) is 0 Å². The fourth-order valence-electron chi connectivity index (χ4n) is 1.91. The van der Waals surface area contributed by atoms with Crippen LogP contribution in [0.5, 0.6) is 11.5 Å². The number of benzene rings is 1. The number of urea groups is 1. The second kappa shape index (κ2) is 9.00. The molecule has 0 unspecified atom stereocenters. The van der Waals surface area contributed by atoms with Gasteiger partial charge in [0.15, 0.2) is 0 Å². The molecule has 0 aromatic heterocycles. The normalized spacial score (nSPS) is 10.7. The van der Waals surface area contributed by atoms with Crippen LogP contribution in [0.2, 0.25) is 0 Å². The first-order chi connectivity index (χ1) is 11.2. The molecule has 1 rings (SSSR count). The number of hydrogen-bond acceptors (Lipinski definition) is 5. The molecular formula is C17H26N2O5. The van der Waals surface area contributed by atoms with Gasteiger partial charge in [-0.1, -0.05) is 0 Å². The standard InChI is InChI=1S/C17H26N2O5/c1-17(2,3)24-15(20)7-6-10-18-16(21)19-13-11-12(22-4)8-9-14(13)23-5/h8-9,11H,6-7,10H2,1-5H3,(H2,18,19,21). The Morgan fingerprint density at radius 2 is 1.83 bits per heavy atom. The van der Waals surface area contributed by atoms with Gasteiger partial charge in [-0.05, 0) is 39.3 Å². The van der Waals surface area contributed by atoms with E-state index >= 15 is 0 Å². The first-order valence-corrected chi connectivity index (χ1v) is 7.74. The molecule has 1 aromatic rings. The third-order valence-corrected chi connectivity index (χ3v) is 2.92. The van der Waals surface area contributed by atoms with Crippen molar-refractivity contribution in [1.82, 2.24) is 5.32 Å². The van der Waals surface area contributed by atoms with Gasteiger partial charge in [0.05, 0.1) is 19.9 Å². The summed E-state index contributed by atoms with van der Waals surface area (Å²) in [5, 5.41) is 5.38. The molecule has 0 aliphatic heterocycles. The Morgan fingerprint density at radius 1 is 1.12 bits per heavy atom. The molecule has 0 aliphatic rings. The Morgan fingerprint density at radius 3 is 2.42 bits per heavy atom. The van der Waals surface area contributed by atoms with Crippen molar-refractivity contribution in [3.05, 3.63) is 18.2 Å². The van der Waals surface area contributed by atoms with E-state index in [1.165, 1.54) is 7.11 Å². The van der Waals surface area contributed by atoms with Crippen LogP contribution in [0.4, 0.5) is 10.5 Å². The van der Waals surface area contributed by atoms with Crippen LogP contribution in [0, 0.1) is 0 Å². The Balaban J connectivity index is 2.41. The lowest BCUT2D eigenvalue weighted by molar-refractivity contribution is -0.154. The van der Waals surface area contributed by atoms with Crippen molar-refractivity contribution in [3.8, 4) is 11.5 Å². The van der Waals surface area contributed by atoms with Crippen LogP contribution < -0.4 is 20.1 Å². The summed E-state index contributed by atoms with van der Waals surface area (Å²) in [6, 6.07) is 4.73. The second-order valence-corrected chi connectivity index (χ2v) is 6.14. The Labute approximate surface area is 142 Å². The molecule has 0 heterocycles. The Bertz CT molecular complexity index is 567. The van der Waals surface area contributed by atoms with Gasteiger partial charge < -0.3 is 24.8 Å². The fraction of sp³-hybridized carbons (Fsp3) is 0.529. The molecule has 0 saturated heterocycles. The molecule has 134 valence electrons. The lowest BCUT2D eigenvalue weighted by Gasteiger charge is -2.19. The molecule has 0 spiro atoms. The number of carbonyl (C=O) groups is 2. The van der Waals surface area contributed by atoms with Crippen LogP contribution in [-0.4, -0.2) is 38.4 Å². The van der Waals surface area contributed by atoms with Crippen molar-refractivity contribution < 1.29 is 23.8 Å². The van der Waals surface area contributed by atoms with Gasteiger partial charge in [-0.25, -0.2) is 4.79 Å². The van der Waals surface area contributed by atoms with Crippen LogP contribution in [0.3, 0.4) is 0 Å². The van der Waals surface area contributed by atoms with Crippen molar-refractivity contribution in [2.45, 2.75) is 39.2 Å². The summed E-state index contributed by atoms with van der Waals surface area (Å²) >= 11 is 0. The highest BCUT2D eigenvalue weighted by Crippen LogP contribution is 2.28. The summed E-state index contributed by atoms with van der Waals surface area (Å²) < 4.78 is 15.5. The summed E-state index contributed by atoms with van der Waals surface area (Å²) in [7, 11) is 3.06. The molecule has 7 heteroatoms. The van der Waals surface area contributed by atoms with E-state index in [2.05, 4.69) is 10.6 Å². The minimum absolute atomic E-state index is 0.250. The minimum Gasteiger partial charge on any atom is -0.497 e. The average molecular weight is 338 g/mol. The molecule has 24 heavy (non-hydrogen) atoms. The molecular weight excluding hydrogens is 312 g/mol. The Hall–Kier alpha value is -2.44. The van der Waals surface area contributed by atoms with Crippen LogP contribution >= 0.6 is 0 Å². The number of amides is 2. The predicted octanol–water partition coefficient (Wildman–Crippen LogP) is 2.95. The van der Waals surface area contributed by atoms with Gasteiger partial charge in [0.1, 0.15) is 17.1 Å². The van der Waals surface area contributed by atoms with E-state index in [4.69, 9.17) is 14.2 Å². The predicted molar refractivity (Wildman–Crippen MR) is 91.6 cm³/mol. The smallest absolute Gasteiger partial charge is 0.319 e. The van der Waals surface area contributed by atoms with Crippen molar-refractivity contribution >= 4 is 17.7 Å². The molecule has 0 atom stereocenters. The van der Waals surface area contributed by atoms with Crippen LogP contribution in [0.15, 0.2) is 18.2 Å². The van der Waals surface area contributed by atoms with Gasteiger partial charge in [-0.3, -0.25) is 4.79 Å². The first kappa shape index (κ1) is 19.6. The molecule has 1 aromatic carbocycles. The van der Waals surface area contributed by atoms with Crippen molar-refractivity contribution in [1.29, 1.82) is 0 Å². The maximum atomic E-state index is 11.9. The Kier molecular flexibility index (Phi) is 7.35. The number of nitrogens with one attached hydrogen (secondary N) is 2. The van der Waals surface area contributed by atoms with E-state index in [1.54, 1.807) is 25.3 Å². The van der Waals surface area contributed by atoms with E-state index in [1.807, 2.05) is 20.8 Å². The number of carbonyl (C=O) groups excluding carboxylic acids is 2. The maximum absolute atomic E-state index is 11.9. The van der Waals surface area contributed by atoms with Gasteiger partial charge in [-0.15, -0.1) is 0 Å². The zero-order chi connectivity index (χ0) is 18.2. The molecule has 7 nitrogen and oxygen atoms in total. The maximum Gasteiger partial charge on any atom is 0.319 e. The summed E-state index contributed by atoms with van der Waals surface area (Å²) in [4.78, 5) is 23.5. The van der Waals surface area contributed by atoms with Gasteiger partial charge in [0.25, 0.3) is 0 Å². The highest BCUT2D eigenvalue weighted by molar-refractivity contribution is 5.91. The van der Waals surface area contributed by atoms with Crippen molar-refractivity contribution in [2.24, 2.45) is 0 Å². The van der Waals surface area contributed by atoms with Gasteiger partial charge >= 0.3 is 12.0 Å². The number of esters is 1. The van der Waals surface area contributed by atoms with Crippen molar-refractivity contribution in [3.63, 3.8) is 0 Å². The average Bonchev–Trinajstić information content (AvgIpc) is 2.49. The number of rotatable bonds is 7. The van der Waals surface area contributed by atoms with E-state index in [0.29, 0.717) is 30.2 Å². The summed E-state index contributed by atoms with van der Waals surface area (Å²) in [6.07, 6.45) is 0.748. The minimum atomic E-state index is -0.495. The first-order valence-electron chi connectivity index (χ1n) is 7.74. The third-order valence-electron chi connectivity index (χ3n) is 2.92. The van der Waals surface area contributed by atoms with E-state index in [9.17, 15) is 9.59 Å². The lowest BCUT2D eigenvalue weighted by atomic mass is 10.2. The summed E-state index contributed by atoms with van der Waals surface area (Å²) in [6.45, 7) is 5.81. The zero-order valence-corrected chi connectivity index (χ0v) is 14.9. The van der Waals surface area contributed by atoms with E-state index in [-0.39, 0.29) is 18.4 Å². The molecule has 0 radical (unpaired) electrons. The quantitative estimate of drug-likeness (QED) is 0.590. The summed E-state index contributed by atoms with van der Waals surface area (Å²) in [5.74, 6) is 0.856. The largest absolute Gasteiger partial charge is 0.497 e. The van der Waals surface area contributed by atoms with E-state index < -0.39 is 5.60 Å². The molecule has 0 fully saturated rings. The molecule has 2 N–H and O–H groups in total. The number of anilines is 1.